The molecule has 4 nitrogen and oxygen atoms in total. The Balaban J connectivity index is 1.61. The Morgan fingerprint density at radius 3 is 2.58 bits per heavy atom. The van der Waals surface area contributed by atoms with Gasteiger partial charge in [-0.05, 0) is 89.6 Å². The molecule has 3 heterocycles. The third-order valence-corrected chi connectivity index (χ3v) is 8.15. The summed E-state index contributed by atoms with van der Waals surface area (Å²) in [5.74, 6) is 1.56. The van der Waals surface area contributed by atoms with Crippen LogP contribution in [0.5, 0.6) is 0 Å². The zero-order valence-corrected chi connectivity index (χ0v) is 21.2. The summed E-state index contributed by atoms with van der Waals surface area (Å²) in [6.45, 7) is 6.90. The molecule has 2 aliphatic rings. The number of rotatable bonds is 3. The lowest BCUT2D eigenvalue weighted by atomic mass is 9.60. The van der Waals surface area contributed by atoms with Gasteiger partial charge in [0.1, 0.15) is 12.0 Å². The van der Waals surface area contributed by atoms with Gasteiger partial charge in [-0.2, -0.15) is 0 Å². The molecule has 5 heteroatoms. The number of nitrogens with zero attached hydrogens (tertiary/aromatic N) is 3. The minimum atomic E-state index is -0.0752. The SMILES string of the molecule is CC1CC(C)(c2ccc3c(c2)C(c2ccccc2I)=N[C@@H](C)c2c(-c4ccco4)ncn2-3)C1. The molecule has 1 aliphatic heterocycles. The third kappa shape index (κ3) is 3.31. The molecule has 2 aromatic heterocycles. The van der Waals surface area contributed by atoms with Crippen molar-refractivity contribution in [2.45, 2.75) is 45.1 Å². The second-order valence-electron chi connectivity index (χ2n) is 9.77. The van der Waals surface area contributed by atoms with E-state index in [0.717, 1.165) is 34.5 Å². The Morgan fingerprint density at radius 1 is 1.03 bits per heavy atom. The summed E-state index contributed by atoms with van der Waals surface area (Å²) in [4.78, 5) is 10.1. The van der Waals surface area contributed by atoms with Gasteiger partial charge in [0, 0.05) is 14.7 Å². The van der Waals surface area contributed by atoms with E-state index in [9.17, 15) is 0 Å². The molecule has 0 N–H and O–H groups in total. The van der Waals surface area contributed by atoms with Crippen LogP contribution < -0.4 is 0 Å². The van der Waals surface area contributed by atoms with Crippen LogP contribution in [0.1, 0.15) is 62.0 Å². The molecule has 0 spiro atoms. The highest BCUT2D eigenvalue weighted by molar-refractivity contribution is 14.1. The summed E-state index contributed by atoms with van der Waals surface area (Å²) in [6.07, 6.45) is 6.08. The van der Waals surface area contributed by atoms with Crippen LogP contribution in [-0.4, -0.2) is 15.3 Å². The Labute approximate surface area is 207 Å². The van der Waals surface area contributed by atoms with E-state index in [2.05, 4.69) is 90.4 Å². The number of aliphatic imine (C=N–C) groups is 1. The minimum Gasteiger partial charge on any atom is -0.463 e. The number of imidazole rings is 1. The number of furan rings is 1. The monoisotopic (exact) mass is 547 g/mol. The van der Waals surface area contributed by atoms with Crippen molar-refractivity contribution in [3.63, 3.8) is 0 Å². The topological polar surface area (TPSA) is 43.3 Å². The molecule has 0 unspecified atom stereocenters. The molecule has 0 saturated heterocycles. The van der Waals surface area contributed by atoms with Crippen molar-refractivity contribution in [2.75, 3.05) is 0 Å². The fraction of sp³-hybridized carbons (Fsp3) is 0.286. The second-order valence-corrected chi connectivity index (χ2v) is 10.9. The highest BCUT2D eigenvalue weighted by atomic mass is 127. The molecular formula is C28H26IN3O. The second kappa shape index (κ2) is 7.69. The Bertz CT molecular complexity index is 1380. The molecule has 6 rings (SSSR count). The highest BCUT2D eigenvalue weighted by Crippen LogP contribution is 2.48. The van der Waals surface area contributed by atoms with Crippen LogP contribution >= 0.6 is 22.6 Å². The number of benzene rings is 2. The van der Waals surface area contributed by atoms with Crippen molar-refractivity contribution in [2.24, 2.45) is 10.9 Å². The molecule has 1 fully saturated rings. The standard InChI is InChI=1S/C28H26IN3O/c1-17-14-28(3,15-17)19-10-11-23-21(13-19)25(20-7-4-5-8-22(20)29)31-18(2)27-26(30-16-32(23)27)24-9-6-12-33-24/h4-13,16-18H,14-15H2,1-3H3/t17?,18-,28?/m0/s1. The molecular weight excluding hydrogens is 521 g/mol. The lowest BCUT2D eigenvalue weighted by Gasteiger charge is -2.44. The first-order valence-corrected chi connectivity index (χ1v) is 12.6. The van der Waals surface area contributed by atoms with Gasteiger partial charge in [-0.1, -0.05) is 38.1 Å². The van der Waals surface area contributed by atoms with Gasteiger partial charge < -0.3 is 4.42 Å². The van der Waals surface area contributed by atoms with Gasteiger partial charge in [0.05, 0.1) is 29.4 Å². The van der Waals surface area contributed by atoms with Crippen molar-refractivity contribution >= 4 is 28.3 Å². The van der Waals surface area contributed by atoms with Crippen LogP contribution in [0.25, 0.3) is 17.1 Å². The molecule has 0 amide bonds. The van der Waals surface area contributed by atoms with Crippen LogP contribution in [0, 0.1) is 9.49 Å². The molecule has 1 saturated carbocycles. The van der Waals surface area contributed by atoms with Crippen molar-refractivity contribution in [1.82, 2.24) is 9.55 Å². The van der Waals surface area contributed by atoms with Crippen LogP contribution in [0.3, 0.4) is 0 Å². The maximum atomic E-state index is 5.72. The van der Waals surface area contributed by atoms with Gasteiger partial charge in [0.2, 0.25) is 0 Å². The fourth-order valence-corrected chi connectivity index (χ4v) is 6.41. The molecule has 166 valence electrons. The minimum absolute atomic E-state index is 0.0752. The van der Waals surface area contributed by atoms with Crippen molar-refractivity contribution < 1.29 is 4.42 Å². The van der Waals surface area contributed by atoms with Gasteiger partial charge >= 0.3 is 0 Å². The van der Waals surface area contributed by atoms with Gasteiger partial charge in [-0.3, -0.25) is 9.56 Å². The zero-order chi connectivity index (χ0) is 22.7. The quantitative estimate of drug-likeness (QED) is 0.252. The predicted octanol–water partition coefficient (Wildman–Crippen LogP) is 7.34. The molecule has 1 aliphatic carbocycles. The zero-order valence-electron chi connectivity index (χ0n) is 19.0. The average Bonchev–Trinajstić information content (AvgIpc) is 3.44. The Hall–Kier alpha value is -2.67. The first kappa shape index (κ1) is 20.9. The van der Waals surface area contributed by atoms with Crippen molar-refractivity contribution in [3.05, 3.63) is 93.1 Å². The molecule has 0 bridgehead atoms. The highest BCUT2D eigenvalue weighted by Gasteiger charge is 2.40. The summed E-state index contributed by atoms with van der Waals surface area (Å²) in [5.41, 5.74) is 8.07. The molecule has 4 aromatic rings. The van der Waals surface area contributed by atoms with E-state index in [1.165, 1.54) is 33.1 Å². The van der Waals surface area contributed by atoms with Gasteiger partial charge in [-0.15, -0.1) is 0 Å². The lowest BCUT2D eigenvalue weighted by Crippen LogP contribution is -2.37. The van der Waals surface area contributed by atoms with E-state index < -0.39 is 0 Å². The maximum absolute atomic E-state index is 5.72. The predicted molar refractivity (Wildman–Crippen MR) is 140 cm³/mol. The Morgan fingerprint density at radius 2 is 1.85 bits per heavy atom. The Kier molecular flexibility index (Phi) is 4.87. The number of hydrogen-bond acceptors (Lipinski definition) is 3. The first-order valence-electron chi connectivity index (χ1n) is 11.5. The first-order chi connectivity index (χ1) is 15.9. The largest absolute Gasteiger partial charge is 0.463 e. The van der Waals surface area contributed by atoms with Crippen LogP contribution in [-0.2, 0) is 5.41 Å². The van der Waals surface area contributed by atoms with E-state index in [1.54, 1.807) is 6.26 Å². The fourth-order valence-electron chi connectivity index (χ4n) is 5.77. The van der Waals surface area contributed by atoms with E-state index in [4.69, 9.17) is 14.4 Å². The molecule has 2 aromatic carbocycles. The summed E-state index contributed by atoms with van der Waals surface area (Å²) < 4.78 is 9.14. The summed E-state index contributed by atoms with van der Waals surface area (Å²) >= 11 is 2.43. The van der Waals surface area contributed by atoms with Crippen LogP contribution in [0.2, 0.25) is 0 Å². The van der Waals surface area contributed by atoms with Gasteiger partial charge in [0.25, 0.3) is 0 Å². The number of fused-ring (bicyclic) bond motifs is 3. The number of halogens is 1. The van der Waals surface area contributed by atoms with E-state index in [0.29, 0.717) is 0 Å². The van der Waals surface area contributed by atoms with Crippen molar-refractivity contribution in [1.29, 1.82) is 0 Å². The van der Waals surface area contributed by atoms with Crippen molar-refractivity contribution in [3.8, 4) is 17.1 Å². The normalized spacial score (nSPS) is 23.8. The molecule has 0 radical (unpaired) electrons. The summed E-state index contributed by atoms with van der Waals surface area (Å²) in [7, 11) is 0. The maximum Gasteiger partial charge on any atom is 0.154 e. The van der Waals surface area contributed by atoms with Crippen LogP contribution in [0.4, 0.5) is 0 Å². The molecule has 33 heavy (non-hydrogen) atoms. The number of aromatic nitrogens is 2. The van der Waals surface area contributed by atoms with E-state index in [1.807, 2.05) is 18.5 Å². The van der Waals surface area contributed by atoms with Gasteiger partial charge in [0.15, 0.2) is 5.76 Å². The smallest absolute Gasteiger partial charge is 0.154 e. The third-order valence-electron chi connectivity index (χ3n) is 7.21. The molecule has 1 atom stereocenters. The lowest BCUT2D eigenvalue weighted by molar-refractivity contribution is 0.178. The summed E-state index contributed by atoms with van der Waals surface area (Å²) in [5, 5.41) is 0. The number of hydrogen-bond donors (Lipinski definition) is 0. The van der Waals surface area contributed by atoms with Crippen LogP contribution in [0.15, 0.2) is 76.6 Å². The van der Waals surface area contributed by atoms with E-state index in [-0.39, 0.29) is 11.5 Å². The van der Waals surface area contributed by atoms with Gasteiger partial charge in [-0.25, -0.2) is 4.98 Å². The van der Waals surface area contributed by atoms with E-state index >= 15 is 0 Å². The average molecular weight is 547 g/mol. The summed E-state index contributed by atoms with van der Waals surface area (Å²) in [6, 6.07) is 19.3.